The van der Waals surface area contributed by atoms with E-state index in [2.05, 4.69) is 10.2 Å². The van der Waals surface area contributed by atoms with Crippen molar-refractivity contribution in [1.82, 2.24) is 4.31 Å². The molecule has 1 aromatic carbocycles. The van der Waals surface area contributed by atoms with Gasteiger partial charge in [0.25, 0.3) is 0 Å². The van der Waals surface area contributed by atoms with Gasteiger partial charge in [0.15, 0.2) is 0 Å². The van der Waals surface area contributed by atoms with Gasteiger partial charge in [-0.2, -0.15) is 4.31 Å². The predicted molar refractivity (Wildman–Crippen MR) is 97.8 cm³/mol. The van der Waals surface area contributed by atoms with Gasteiger partial charge in [0, 0.05) is 30.0 Å². The van der Waals surface area contributed by atoms with E-state index in [4.69, 9.17) is 0 Å². The lowest BCUT2D eigenvalue weighted by atomic mass is 10.1. The summed E-state index contributed by atoms with van der Waals surface area (Å²) in [5.74, 6) is -0.343. The molecule has 2 rings (SSSR count). The maximum absolute atomic E-state index is 12.2. The summed E-state index contributed by atoms with van der Waals surface area (Å²) in [6.07, 6.45) is 3.55. The number of sulfonamides is 1. The van der Waals surface area contributed by atoms with Crippen molar-refractivity contribution in [3.8, 4) is 0 Å². The van der Waals surface area contributed by atoms with E-state index in [0.29, 0.717) is 5.69 Å². The molecule has 1 amide bonds. The zero-order valence-electron chi connectivity index (χ0n) is 14.9. The minimum atomic E-state index is -3.46. The number of hydrogen-bond donors (Lipinski definition) is 1. The minimum Gasteiger partial charge on any atom is -0.372 e. The molecule has 0 unspecified atom stereocenters. The quantitative estimate of drug-likeness (QED) is 0.882. The molecule has 0 saturated carbocycles. The number of anilines is 2. The molecule has 6 nitrogen and oxygen atoms in total. The molecule has 1 aromatic rings. The Bertz CT molecular complexity index is 672. The second kappa shape index (κ2) is 7.11. The number of benzene rings is 1. The molecule has 0 spiro atoms. The topological polar surface area (TPSA) is 69.7 Å². The van der Waals surface area contributed by atoms with Crippen molar-refractivity contribution in [2.45, 2.75) is 39.2 Å². The van der Waals surface area contributed by atoms with Crippen molar-refractivity contribution < 1.29 is 13.2 Å². The zero-order chi connectivity index (χ0) is 18.0. The van der Waals surface area contributed by atoms with Crippen molar-refractivity contribution in [1.29, 1.82) is 0 Å². The number of amides is 1. The third kappa shape index (κ3) is 4.95. The molecule has 0 aliphatic carbocycles. The Morgan fingerprint density at radius 2 is 1.71 bits per heavy atom. The van der Waals surface area contributed by atoms with Gasteiger partial charge >= 0.3 is 0 Å². The van der Waals surface area contributed by atoms with Gasteiger partial charge in [-0.15, -0.1) is 0 Å². The van der Waals surface area contributed by atoms with Gasteiger partial charge in [0.2, 0.25) is 15.9 Å². The molecule has 1 N–H and O–H groups in total. The first kappa shape index (κ1) is 18.7. The number of rotatable bonds is 5. The van der Waals surface area contributed by atoms with E-state index in [1.54, 1.807) is 20.8 Å². The van der Waals surface area contributed by atoms with Crippen LogP contribution in [0.1, 0.15) is 33.6 Å². The Morgan fingerprint density at radius 3 is 2.17 bits per heavy atom. The van der Waals surface area contributed by atoms with E-state index in [0.717, 1.165) is 25.0 Å². The number of carbonyl (C=O) groups excluding carboxylic acids is 1. The monoisotopic (exact) mass is 353 g/mol. The third-order valence-electron chi connectivity index (χ3n) is 4.06. The molecule has 7 heteroatoms. The Labute approximate surface area is 144 Å². The average Bonchev–Trinajstić information content (AvgIpc) is 2.97. The third-order valence-corrected chi connectivity index (χ3v) is 5.54. The van der Waals surface area contributed by atoms with Gasteiger partial charge in [-0.1, -0.05) is 0 Å². The highest BCUT2D eigenvalue weighted by Gasteiger charge is 2.31. The summed E-state index contributed by atoms with van der Waals surface area (Å²) in [6.45, 7) is 7.25. The van der Waals surface area contributed by atoms with Crippen LogP contribution in [0.5, 0.6) is 0 Å². The standard InChI is InChI=1S/C17H27N3O3S/c1-17(2,3)20(24(4,22)23)13-16(21)18-14-7-9-15(10-8-14)19-11-5-6-12-19/h7-10H,5-6,11-13H2,1-4H3,(H,18,21). The van der Waals surface area contributed by atoms with Gasteiger partial charge in [0.1, 0.15) is 0 Å². The van der Waals surface area contributed by atoms with Gasteiger partial charge in [0.05, 0.1) is 12.8 Å². The summed E-state index contributed by atoms with van der Waals surface area (Å²) in [5.41, 5.74) is 1.17. The van der Waals surface area contributed by atoms with Crippen molar-refractivity contribution in [3.05, 3.63) is 24.3 Å². The van der Waals surface area contributed by atoms with Crippen LogP contribution < -0.4 is 10.2 Å². The van der Waals surface area contributed by atoms with E-state index in [9.17, 15) is 13.2 Å². The first-order valence-electron chi connectivity index (χ1n) is 8.20. The molecule has 1 saturated heterocycles. The lowest BCUT2D eigenvalue weighted by Gasteiger charge is -2.32. The highest BCUT2D eigenvalue weighted by atomic mass is 32.2. The van der Waals surface area contributed by atoms with Crippen LogP contribution in [0, 0.1) is 0 Å². The first-order chi connectivity index (χ1) is 11.1. The van der Waals surface area contributed by atoms with Crippen molar-refractivity contribution in [3.63, 3.8) is 0 Å². The van der Waals surface area contributed by atoms with Crippen LogP contribution in [0.3, 0.4) is 0 Å². The SMILES string of the molecule is CC(C)(C)N(CC(=O)Nc1ccc(N2CCCC2)cc1)S(C)(=O)=O. The Hall–Kier alpha value is -1.60. The van der Waals surface area contributed by atoms with Crippen LogP contribution in [-0.4, -0.2) is 50.1 Å². The molecular formula is C17H27N3O3S. The van der Waals surface area contributed by atoms with Crippen molar-refractivity contribution in [2.75, 3.05) is 36.1 Å². The predicted octanol–water partition coefficient (Wildman–Crippen LogP) is 2.29. The molecule has 0 atom stereocenters. The Morgan fingerprint density at radius 1 is 1.17 bits per heavy atom. The maximum Gasteiger partial charge on any atom is 0.239 e. The lowest BCUT2D eigenvalue weighted by molar-refractivity contribution is -0.117. The number of nitrogens with zero attached hydrogens (tertiary/aromatic N) is 2. The molecule has 134 valence electrons. The fourth-order valence-corrected chi connectivity index (χ4v) is 4.26. The number of nitrogens with one attached hydrogen (secondary N) is 1. The van der Waals surface area contributed by atoms with E-state index < -0.39 is 15.6 Å². The molecule has 1 aliphatic rings. The highest BCUT2D eigenvalue weighted by Crippen LogP contribution is 2.22. The van der Waals surface area contributed by atoms with Crippen LogP contribution in [0.15, 0.2) is 24.3 Å². The summed E-state index contributed by atoms with van der Waals surface area (Å²) in [7, 11) is -3.46. The normalized spacial score (nSPS) is 15.8. The second-order valence-electron chi connectivity index (χ2n) is 7.23. The van der Waals surface area contributed by atoms with Gasteiger partial charge < -0.3 is 10.2 Å². The molecule has 1 aliphatic heterocycles. The maximum atomic E-state index is 12.2. The zero-order valence-corrected chi connectivity index (χ0v) is 15.7. The number of carbonyl (C=O) groups is 1. The molecule has 0 bridgehead atoms. The largest absolute Gasteiger partial charge is 0.372 e. The number of hydrogen-bond acceptors (Lipinski definition) is 4. The van der Waals surface area contributed by atoms with Crippen molar-refractivity contribution in [2.24, 2.45) is 0 Å². The van der Waals surface area contributed by atoms with Crippen LogP contribution in [0.25, 0.3) is 0 Å². The molecule has 24 heavy (non-hydrogen) atoms. The van der Waals surface area contributed by atoms with Crippen molar-refractivity contribution >= 4 is 27.3 Å². The second-order valence-corrected chi connectivity index (χ2v) is 9.14. The summed E-state index contributed by atoms with van der Waals surface area (Å²) >= 11 is 0. The van der Waals surface area contributed by atoms with Crippen LogP contribution >= 0.6 is 0 Å². The van der Waals surface area contributed by atoms with Gasteiger partial charge in [-0.3, -0.25) is 4.79 Å². The van der Waals surface area contributed by atoms with E-state index in [-0.39, 0.29) is 12.5 Å². The summed E-state index contributed by atoms with van der Waals surface area (Å²) < 4.78 is 25.0. The summed E-state index contributed by atoms with van der Waals surface area (Å²) in [6, 6.07) is 7.68. The summed E-state index contributed by atoms with van der Waals surface area (Å²) in [4.78, 5) is 14.5. The average molecular weight is 353 g/mol. The lowest BCUT2D eigenvalue weighted by Crippen LogP contribution is -2.48. The Kier molecular flexibility index (Phi) is 5.55. The minimum absolute atomic E-state index is 0.198. The smallest absolute Gasteiger partial charge is 0.239 e. The molecule has 0 radical (unpaired) electrons. The van der Waals surface area contributed by atoms with Gasteiger partial charge in [-0.25, -0.2) is 8.42 Å². The highest BCUT2D eigenvalue weighted by molar-refractivity contribution is 7.88. The van der Waals surface area contributed by atoms with Gasteiger partial charge in [-0.05, 0) is 57.9 Å². The van der Waals surface area contributed by atoms with Crippen LogP contribution in [0.2, 0.25) is 0 Å². The fraction of sp³-hybridized carbons (Fsp3) is 0.588. The van der Waals surface area contributed by atoms with Crippen LogP contribution in [-0.2, 0) is 14.8 Å². The molecule has 1 heterocycles. The fourth-order valence-electron chi connectivity index (χ4n) is 2.91. The molecule has 0 aromatic heterocycles. The summed E-state index contributed by atoms with van der Waals surface area (Å²) in [5, 5.41) is 2.77. The molecular weight excluding hydrogens is 326 g/mol. The molecule has 1 fully saturated rings. The van der Waals surface area contributed by atoms with E-state index >= 15 is 0 Å². The van der Waals surface area contributed by atoms with Crippen LogP contribution in [0.4, 0.5) is 11.4 Å². The first-order valence-corrected chi connectivity index (χ1v) is 10.0. The van der Waals surface area contributed by atoms with E-state index in [1.807, 2.05) is 24.3 Å². The Balaban J connectivity index is 2.01. The van der Waals surface area contributed by atoms with E-state index in [1.165, 1.54) is 17.1 Å².